The molecule has 0 spiro atoms. The summed E-state index contributed by atoms with van der Waals surface area (Å²) in [6.45, 7) is 10.3. The highest BCUT2D eigenvalue weighted by atomic mass is 14.7. The highest BCUT2D eigenvalue weighted by molar-refractivity contribution is 5.40. The molecule has 0 radical (unpaired) electrons. The number of hydrogen-bond acceptors (Lipinski definition) is 0. The molecule has 0 bridgehead atoms. The second-order valence-corrected chi connectivity index (χ2v) is 3.70. The number of rotatable bonds is 4. The van der Waals surface area contributed by atoms with Crippen LogP contribution in [0.5, 0.6) is 0 Å². The minimum atomic E-state index is 1.07. The molecule has 1 nitrogen and oxygen atoms in total. The molecule has 82 valence electrons. The van der Waals surface area contributed by atoms with Crippen molar-refractivity contribution in [1.29, 1.82) is 0 Å². The van der Waals surface area contributed by atoms with Gasteiger partial charge >= 0.3 is 0 Å². The lowest BCUT2D eigenvalue weighted by atomic mass is 10.1. The zero-order chi connectivity index (χ0) is 11.3. The molecule has 1 heteroatoms. The Bertz CT molecular complexity index is 435. The molecular formula is C14H21N. The monoisotopic (exact) mass is 203 g/mol. The third-order valence-corrected chi connectivity index (χ3v) is 2.69. The maximum absolute atomic E-state index is 3.75. The van der Waals surface area contributed by atoms with Gasteiger partial charge in [0, 0.05) is 11.0 Å². The van der Waals surface area contributed by atoms with Gasteiger partial charge in [0.2, 0.25) is 0 Å². The summed E-state index contributed by atoms with van der Waals surface area (Å²) in [6, 6.07) is 0. The molecule has 0 fully saturated rings. The normalized spacial score (nSPS) is 13.5. The summed E-state index contributed by atoms with van der Waals surface area (Å²) < 4.78 is 0. The van der Waals surface area contributed by atoms with Gasteiger partial charge in [-0.25, -0.2) is 0 Å². The van der Waals surface area contributed by atoms with Gasteiger partial charge in [-0.05, 0) is 36.6 Å². The Morgan fingerprint density at radius 1 is 1.33 bits per heavy atom. The molecule has 1 aromatic heterocycles. The molecule has 0 saturated heterocycles. The van der Waals surface area contributed by atoms with Crippen LogP contribution in [-0.2, 0) is 12.8 Å². The largest absolute Gasteiger partial charge is 0.358 e. The molecule has 0 aliphatic heterocycles. The van der Waals surface area contributed by atoms with Crippen molar-refractivity contribution in [3.8, 4) is 0 Å². The number of aromatic amines is 1. The van der Waals surface area contributed by atoms with Gasteiger partial charge in [0.1, 0.15) is 0 Å². The van der Waals surface area contributed by atoms with Gasteiger partial charge in [-0.1, -0.05) is 39.0 Å². The highest BCUT2D eigenvalue weighted by Gasteiger charge is 2.04. The first-order chi connectivity index (χ1) is 7.28. The van der Waals surface area contributed by atoms with Gasteiger partial charge in [0.25, 0.3) is 0 Å². The van der Waals surface area contributed by atoms with Crippen molar-refractivity contribution in [3.63, 3.8) is 0 Å². The zero-order valence-electron chi connectivity index (χ0n) is 10.1. The Balaban J connectivity index is 3.47. The van der Waals surface area contributed by atoms with E-state index < -0.39 is 0 Å². The maximum atomic E-state index is 3.75. The minimum absolute atomic E-state index is 1.07. The average Bonchev–Trinajstić information content (AvgIpc) is 2.57. The van der Waals surface area contributed by atoms with Gasteiger partial charge in [0.15, 0.2) is 0 Å². The third kappa shape index (κ3) is 2.41. The number of aromatic nitrogens is 1. The summed E-state index contributed by atoms with van der Waals surface area (Å²) in [5.74, 6) is 0. The SMILES string of the molecule is C=C/C=c1/[nH]c(CC)c(CCC)/c1=C/C. The van der Waals surface area contributed by atoms with Gasteiger partial charge in [-0.2, -0.15) is 0 Å². The van der Waals surface area contributed by atoms with E-state index in [4.69, 9.17) is 0 Å². The van der Waals surface area contributed by atoms with Gasteiger partial charge in [-0.15, -0.1) is 0 Å². The van der Waals surface area contributed by atoms with Crippen LogP contribution in [0.4, 0.5) is 0 Å². The van der Waals surface area contributed by atoms with Crippen LogP contribution < -0.4 is 10.6 Å². The highest BCUT2D eigenvalue weighted by Crippen LogP contribution is 2.03. The van der Waals surface area contributed by atoms with E-state index in [2.05, 4.69) is 38.4 Å². The lowest BCUT2D eigenvalue weighted by Crippen LogP contribution is -2.24. The summed E-state index contributed by atoms with van der Waals surface area (Å²) in [7, 11) is 0. The van der Waals surface area contributed by atoms with E-state index in [0.29, 0.717) is 0 Å². The van der Waals surface area contributed by atoms with Crippen molar-refractivity contribution in [3.05, 3.63) is 34.5 Å². The fourth-order valence-electron chi connectivity index (χ4n) is 2.05. The van der Waals surface area contributed by atoms with Gasteiger partial charge < -0.3 is 4.98 Å². The number of hydrogen-bond donors (Lipinski definition) is 1. The Morgan fingerprint density at radius 3 is 2.53 bits per heavy atom. The minimum Gasteiger partial charge on any atom is -0.358 e. The van der Waals surface area contributed by atoms with Gasteiger partial charge in [-0.3, -0.25) is 0 Å². The van der Waals surface area contributed by atoms with Crippen molar-refractivity contribution in [1.82, 2.24) is 4.98 Å². The second-order valence-electron chi connectivity index (χ2n) is 3.70. The molecule has 0 unspecified atom stereocenters. The summed E-state index contributed by atoms with van der Waals surface area (Å²) in [5, 5.41) is 2.56. The quantitative estimate of drug-likeness (QED) is 0.773. The summed E-state index contributed by atoms with van der Waals surface area (Å²) in [4.78, 5) is 3.48. The lowest BCUT2D eigenvalue weighted by molar-refractivity contribution is 0.890. The van der Waals surface area contributed by atoms with Crippen LogP contribution in [0.25, 0.3) is 12.2 Å². The van der Waals surface area contributed by atoms with E-state index in [0.717, 1.165) is 12.8 Å². The first-order valence-electron chi connectivity index (χ1n) is 5.77. The molecule has 0 aromatic carbocycles. The lowest BCUT2D eigenvalue weighted by Gasteiger charge is -1.98. The van der Waals surface area contributed by atoms with E-state index in [1.807, 2.05) is 12.2 Å². The summed E-state index contributed by atoms with van der Waals surface area (Å²) in [5.41, 5.74) is 2.86. The van der Waals surface area contributed by atoms with Crippen LogP contribution in [0.2, 0.25) is 0 Å². The molecule has 0 aliphatic carbocycles. The first-order valence-corrected chi connectivity index (χ1v) is 5.77. The molecule has 0 aliphatic rings. The van der Waals surface area contributed by atoms with Crippen molar-refractivity contribution in [2.75, 3.05) is 0 Å². The summed E-state index contributed by atoms with van der Waals surface area (Å²) in [6.07, 6.45) is 9.50. The number of H-pyrrole nitrogens is 1. The van der Waals surface area contributed by atoms with Crippen LogP contribution in [0.3, 0.4) is 0 Å². The zero-order valence-corrected chi connectivity index (χ0v) is 10.1. The molecular weight excluding hydrogens is 182 g/mol. The predicted molar refractivity (Wildman–Crippen MR) is 68.2 cm³/mol. The Labute approximate surface area is 92.2 Å². The smallest absolute Gasteiger partial charge is 0.0455 e. The van der Waals surface area contributed by atoms with Crippen LogP contribution in [0, 0.1) is 0 Å². The van der Waals surface area contributed by atoms with E-state index in [9.17, 15) is 0 Å². The van der Waals surface area contributed by atoms with Crippen LogP contribution in [-0.4, -0.2) is 4.98 Å². The molecule has 1 N–H and O–H groups in total. The molecule has 0 amide bonds. The molecule has 1 rings (SSSR count). The third-order valence-electron chi connectivity index (χ3n) is 2.69. The van der Waals surface area contributed by atoms with E-state index in [-0.39, 0.29) is 0 Å². The Hall–Kier alpha value is -1.24. The fraction of sp³-hybridized carbons (Fsp3) is 0.429. The maximum Gasteiger partial charge on any atom is 0.0455 e. The number of allylic oxidation sites excluding steroid dienone is 1. The predicted octanol–water partition coefficient (Wildman–Crippen LogP) is 2.30. The van der Waals surface area contributed by atoms with E-state index >= 15 is 0 Å². The van der Waals surface area contributed by atoms with Gasteiger partial charge in [0.05, 0.1) is 0 Å². The topological polar surface area (TPSA) is 15.8 Å². The van der Waals surface area contributed by atoms with E-state index in [1.54, 1.807) is 0 Å². The molecule has 0 atom stereocenters. The fourth-order valence-corrected chi connectivity index (χ4v) is 2.05. The van der Waals surface area contributed by atoms with Crippen LogP contribution in [0.1, 0.15) is 38.4 Å². The Kier molecular flexibility index (Phi) is 4.41. The second kappa shape index (κ2) is 5.59. The number of nitrogens with one attached hydrogen (secondary N) is 1. The standard InChI is InChI=1S/C14H21N/c1-5-9-12-11(7-3)14(10-6-2)15-13(12)8-4/h6-7,10,15H,2,5,8-9H2,1,3-4H3/b11-7-,14-10+. The van der Waals surface area contributed by atoms with Crippen LogP contribution >= 0.6 is 0 Å². The van der Waals surface area contributed by atoms with Crippen LogP contribution in [0.15, 0.2) is 12.7 Å². The molecule has 0 saturated carbocycles. The van der Waals surface area contributed by atoms with Crippen molar-refractivity contribution >= 4 is 12.2 Å². The first kappa shape index (κ1) is 11.8. The average molecular weight is 203 g/mol. The van der Waals surface area contributed by atoms with Crippen molar-refractivity contribution in [2.45, 2.75) is 40.0 Å². The molecule has 1 aromatic rings. The Morgan fingerprint density at radius 2 is 2.07 bits per heavy atom. The summed E-state index contributed by atoms with van der Waals surface area (Å²) >= 11 is 0. The van der Waals surface area contributed by atoms with Crippen molar-refractivity contribution in [2.24, 2.45) is 0 Å². The molecule has 1 heterocycles. The number of aryl methyl sites for hydroxylation is 1. The van der Waals surface area contributed by atoms with Crippen molar-refractivity contribution < 1.29 is 0 Å². The van der Waals surface area contributed by atoms with E-state index in [1.165, 1.54) is 28.2 Å². The molecule has 15 heavy (non-hydrogen) atoms.